The third-order valence-corrected chi connectivity index (χ3v) is 2.70. The molecule has 0 unspecified atom stereocenters. The minimum atomic E-state index is -4.36. The first-order valence-electron chi connectivity index (χ1n) is 6.38. The lowest BCUT2D eigenvalue weighted by Crippen LogP contribution is -2.19. The summed E-state index contributed by atoms with van der Waals surface area (Å²) < 4.78 is 42.4. The Labute approximate surface area is 119 Å². The third-order valence-electron chi connectivity index (χ3n) is 2.70. The standard InChI is InChI=1S/C13H15F3N4O/c1-2-20-11(5-6-19-20)8-17-10-3-4-12(18-7-10)21-9-13(14,15)16/h3-7,17H,2,8-9H2,1H3. The normalized spacial score (nSPS) is 11.4. The fourth-order valence-electron chi connectivity index (χ4n) is 1.71. The van der Waals surface area contributed by atoms with Gasteiger partial charge >= 0.3 is 6.18 Å². The highest BCUT2D eigenvalue weighted by Gasteiger charge is 2.28. The number of nitrogens with one attached hydrogen (secondary N) is 1. The van der Waals surface area contributed by atoms with Crippen LogP contribution in [0.2, 0.25) is 0 Å². The molecule has 0 bridgehead atoms. The van der Waals surface area contributed by atoms with Crippen LogP contribution >= 0.6 is 0 Å². The van der Waals surface area contributed by atoms with Crippen LogP contribution in [0, 0.1) is 0 Å². The molecule has 114 valence electrons. The summed E-state index contributed by atoms with van der Waals surface area (Å²) in [4.78, 5) is 3.82. The molecule has 8 heteroatoms. The van der Waals surface area contributed by atoms with E-state index >= 15 is 0 Å². The number of rotatable bonds is 6. The molecular weight excluding hydrogens is 285 g/mol. The van der Waals surface area contributed by atoms with Crippen molar-refractivity contribution in [3.8, 4) is 5.88 Å². The summed E-state index contributed by atoms with van der Waals surface area (Å²) in [6, 6.07) is 4.90. The molecule has 0 saturated heterocycles. The number of anilines is 1. The van der Waals surface area contributed by atoms with Crippen LogP contribution in [0.15, 0.2) is 30.6 Å². The van der Waals surface area contributed by atoms with Gasteiger partial charge in [-0.25, -0.2) is 4.98 Å². The molecule has 0 radical (unpaired) electrons. The van der Waals surface area contributed by atoms with Crippen LogP contribution in [0.25, 0.3) is 0 Å². The number of aromatic nitrogens is 3. The first kappa shape index (κ1) is 15.1. The van der Waals surface area contributed by atoms with E-state index in [9.17, 15) is 13.2 Å². The van der Waals surface area contributed by atoms with Crippen molar-refractivity contribution in [2.45, 2.75) is 26.2 Å². The first-order valence-corrected chi connectivity index (χ1v) is 6.38. The first-order chi connectivity index (χ1) is 9.98. The molecule has 2 heterocycles. The van der Waals surface area contributed by atoms with Gasteiger partial charge in [0, 0.05) is 18.8 Å². The number of ether oxygens (including phenoxy) is 1. The monoisotopic (exact) mass is 300 g/mol. The van der Waals surface area contributed by atoms with Gasteiger partial charge in [0.2, 0.25) is 5.88 Å². The SMILES string of the molecule is CCn1nccc1CNc1ccc(OCC(F)(F)F)nc1. The highest BCUT2D eigenvalue weighted by Crippen LogP contribution is 2.18. The van der Waals surface area contributed by atoms with Gasteiger partial charge in [-0.15, -0.1) is 0 Å². The zero-order valence-electron chi connectivity index (χ0n) is 11.4. The van der Waals surface area contributed by atoms with Crippen molar-refractivity contribution in [2.24, 2.45) is 0 Å². The van der Waals surface area contributed by atoms with E-state index in [1.807, 2.05) is 17.7 Å². The number of hydrogen-bond acceptors (Lipinski definition) is 4. The average molecular weight is 300 g/mol. The summed E-state index contributed by atoms with van der Waals surface area (Å²) in [6.45, 7) is 1.97. The minimum Gasteiger partial charge on any atom is -0.468 e. The smallest absolute Gasteiger partial charge is 0.422 e. The van der Waals surface area contributed by atoms with Gasteiger partial charge in [-0.1, -0.05) is 0 Å². The number of pyridine rings is 1. The van der Waals surface area contributed by atoms with Crippen LogP contribution in [0.1, 0.15) is 12.6 Å². The van der Waals surface area contributed by atoms with E-state index in [0.717, 1.165) is 12.2 Å². The zero-order chi connectivity index (χ0) is 15.3. The Hall–Kier alpha value is -2.25. The summed E-state index contributed by atoms with van der Waals surface area (Å²) in [6.07, 6.45) is -1.22. The lowest BCUT2D eigenvalue weighted by Gasteiger charge is -2.10. The fourth-order valence-corrected chi connectivity index (χ4v) is 1.71. The van der Waals surface area contributed by atoms with Gasteiger partial charge in [0.15, 0.2) is 6.61 Å². The van der Waals surface area contributed by atoms with Crippen LogP contribution in [0.5, 0.6) is 5.88 Å². The lowest BCUT2D eigenvalue weighted by molar-refractivity contribution is -0.154. The molecule has 2 aromatic rings. The van der Waals surface area contributed by atoms with Gasteiger partial charge in [-0.2, -0.15) is 18.3 Å². The highest BCUT2D eigenvalue weighted by molar-refractivity contribution is 5.42. The molecule has 0 aromatic carbocycles. The molecule has 0 fully saturated rings. The van der Waals surface area contributed by atoms with Gasteiger partial charge in [-0.3, -0.25) is 4.68 Å². The molecule has 1 N–H and O–H groups in total. The van der Waals surface area contributed by atoms with Gasteiger partial charge < -0.3 is 10.1 Å². The van der Waals surface area contributed by atoms with Crippen LogP contribution in [-0.4, -0.2) is 27.5 Å². The van der Waals surface area contributed by atoms with Gasteiger partial charge in [-0.05, 0) is 19.1 Å². The van der Waals surface area contributed by atoms with E-state index < -0.39 is 12.8 Å². The molecule has 21 heavy (non-hydrogen) atoms. The molecule has 0 saturated carbocycles. The van der Waals surface area contributed by atoms with E-state index in [1.165, 1.54) is 12.3 Å². The number of hydrogen-bond donors (Lipinski definition) is 1. The molecule has 2 rings (SSSR count). The van der Waals surface area contributed by atoms with Crippen LogP contribution in [-0.2, 0) is 13.1 Å². The maximum atomic E-state index is 12.0. The summed E-state index contributed by atoms with van der Waals surface area (Å²) in [7, 11) is 0. The number of alkyl halides is 3. The Bertz CT molecular complexity index is 566. The van der Waals surface area contributed by atoms with Crippen molar-refractivity contribution in [1.29, 1.82) is 0 Å². The predicted molar refractivity (Wildman–Crippen MR) is 71.0 cm³/mol. The van der Waals surface area contributed by atoms with Crippen LogP contribution in [0.3, 0.4) is 0 Å². The van der Waals surface area contributed by atoms with Crippen molar-refractivity contribution >= 4 is 5.69 Å². The molecule has 5 nitrogen and oxygen atoms in total. The summed E-state index contributed by atoms with van der Waals surface area (Å²) in [5.41, 5.74) is 1.70. The zero-order valence-corrected chi connectivity index (χ0v) is 11.4. The second-order valence-electron chi connectivity index (χ2n) is 4.28. The molecule has 0 aliphatic rings. The van der Waals surface area contributed by atoms with E-state index in [-0.39, 0.29) is 5.88 Å². The van der Waals surface area contributed by atoms with E-state index in [1.54, 1.807) is 12.3 Å². The third kappa shape index (κ3) is 4.66. The van der Waals surface area contributed by atoms with Crippen molar-refractivity contribution in [2.75, 3.05) is 11.9 Å². The molecule has 0 spiro atoms. The predicted octanol–water partition coefficient (Wildman–Crippen LogP) is 2.85. The Morgan fingerprint density at radius 1 is 1.29 bits per heavy atom. The fraction of sp³-hybridized carbons (Fsp3) is 0.385. The van der Waals surface area contributed by atoms with Crippen molar-refractivity contribution in [3.63, 3.8) is 0 Å². The molecule has 0 aliphatic carbocycles. The van der Waals surface area contributed by atoms with Gasteiger partial charge in [0.05, 0.1) is 24.1 Å². The number of aryl methyl sites for hydroxylation is 1. The minimum absolute atomic E-state index is 0.0588. The number of halogens is 3. The molecule has 0 amide bonds. The lowest BCUT2D eigenvalue weighted by atomic mass is 10.3. The van der Waals surface area contributed by atoms with Gasteiger partial charge in [0.25, 0.3) is 0 Å². The molecule has 0 aliphatic heterocycles. The summed E-state index contributed by atoms with van der Waals surface area (Å²) in [5, 5.41) is 7.26. The summed E-state index contributed by atoms with van der Waals surface area (Å²) >= 11 is 0. The second kappa shape index (κ2) is 6.47. The Kier molecular flexibility index (Phi) is 4.66. The quantitative estimate of drug-likeness (QED) is 0.891. The second-order valence-corrected chi connectivity index (χ2v) is 4.28. The topological polar surface area (TPSA) is 52.0 Å². The summed E-state index contributed by atoms with van der Waals surface area (Å²) in [5.74, 6) is -0.0588. The van der Waals surface area contributed by atoms with E-state index in [0.29, 0.717) is 12.2 Å². The van der Waals surface area contributed by atoms with E-state index in [2.05, 4.69) is 20.1 Å². The molecule has 2 aromatic heterocycles. The van der Waals surface area contributed by atoms with Crippen molar-refractivity contribution in [3.05, 3.63) is 36.3 Å². The molecular formula is C13H15F3N4O. The Morgan fingerprint density at radius 2 is 2.10 bits per heavy atom. The van der Waals surface area contributed by atoms with Crippen LogP contribution in [0.4, 0.5) is 18.9 Å². The Balaban J connectivity index is 1.88. The molecule has 0 atom stereocenters. The number of nitrogens with zero attached hydrogens (tertiary/aromatic N) is 3. The van der Waals surface area contributed by atoms with Crippen molar-refractivity contribution < 1.29 is 17.9 Å². The highest BCUT2D eigenvalue weighted by atomic mass is 19.4. The van der Waals surface area contributed by atoms with Crippen LogP contribution < -0.4 is 10.1 Å². The average Bonchev–Trinajstić information content (AvgIpc) is 2.90. The maximum Gasteiger partial charge on any atom is 0.422 e. The largest absolute Gasteiger partial charge is 0.468 e. The van der Waals surface area contributed by atoms with Crippen molar-refractivity contribution in [1.82, 2.24) is 14.8 Å². The Morgan fingerprint density at radius 3 is 2.71 bits per heavy atom. The van der Waals surface area contributed by atoms with Gasteiger partial charge in [0.1, 0.15) is 0 Å². The maximum absolute atomic E-state index is 12.0. The van der Waals surface area contributed by atoms with E-state index in [4.69, 9.17) is 0 Å².